The number of carbonyl (C=O) groups is 1. The Morgan fingerprint density at radius 1 is 1.32 bits per heavy atom. The van der Waals surface area contributed by atoms with Crippen LogP contribution in [0.15, 0.2) is 18.2 Å². The fraction of sp³-hybridized carbons (Fsp3) is 0.588. The van der Waals surface area contributed by atoms with Crippen LogP contribution in [0.5, 0.6) is 5.75 Å². The van der Waals surface area contributed by atoms with Crippen LogP contribution in [-0.2, 0) is 4.79 Å². The summed E-state index contributed by atoms with van der Waals surface area (Å²) in [5.74, 6) is 0.368. The van der Waals surface area contributed by atoms with Gasteiger partial charge in [0.15, 0.2) is 6.61 Å². The van der Waals surface area contributed by atoms with Crippen LogP contribution < -0.4 is 15.4 Å². The normalized spacial score (nSPS) is 15.4. The van der Waals surface area contributed by atoms with Crippen molar-refractivity contribution in [2.45, 2.75) is 38.8 Å². The highest BCUT2D eigenvalue weighted by Gasteiger charge is 2.29. The van der Waals surface area contributed by atoms with Crippen LogP contribution in [-0.4, -0.2) is 31.8 Å². The van der Waals surface area contributed by atoms with E-state index in [9.17, 15) is 18.0 Å². The predicted octanol–water partition coefficient (Wildman–Crippen LogP) is 4.08. The van der Waals surface area contributed by atoms with Gasteiger partial charge in [0, 0.05) is 6.42 Å². The van der Waals surface area contributed by atoms with Gasteiger partial charge in [0.05, 0.1) is 5.69 Å². The van der Waals surface area contributed by atoms with Crippen LogP contribution in [0.4, 0.5) is 18.9 Å². The maximum absolute atomic E-state index is 12.3. The SMILES string of the molecule is Cc1ccc(NC(=O)CCC2CCNCC2)c(OCC(F)(F)F)c1.Cl. The van der Waals surface area contributed by atoms with Crippen molar-refractivity contribution in [2.24, 2.45) is 5.92 Å². The number of hydrogen-bond donors (Lipinski definition) is 2. The molecule has 1 amide bonds. The second-order valence-electron chi connectivity index (χ2n) is 6.18. The monoisotopic (exact) mass is 380 g/mol. The molecule has 0 aliphatic carbocycles. The van der Waals surface area contributed by atoms with E-state index in [0.29, 0.717) is 12.3 Å². The van der Waals surface area contributed by atoms with Crippen molar-refractivity contribution < 1.29 is 22.7 Å². The van der Waals surface area contributed by atoms with Gasteiger partial charge < -0.3 is 15.4 Å². The second kappa shape index (κ2) is 9.87. The summed E-state index contributed by atoms with van der Waals surface area (Å²) in [4.78, 5) is 12.1. The second-order valence-corrected chi connectivity index (χ2v) is 6.18. The molecule has 0 unspecified atom stereocenters. The summed E-state index contributed by atoms with van der Waals surface area (Å²) < 4.78 is 41.9. The van der Waals surface area contributed by atoms with Crippen LogP contribution in [0.1, 0.15) is 31.2 Å². The molecule has 0 spiro atoms. The molecule has 1 aliphatic rings. The topological polar surface area (TPSA) is 50.4 Å². The Hall–Kier alpha value is -1.47. The van der Waals surface area contributed by atoms with Crippen molar-refractivity contribution >= 4 is 24.0 Å². The van der Waals surface area contributed by atoms with Gasteiger partial charge in [-0.2, -0.15) is 13.2 Å². The highest BCUT2D eigenvalue weighted by atomic mass is 35.5. The minimum atomic E-state index is -4.42. The quantitative estimate of drug-likeness (QED) is 0.782. The van der Waals surface area contributed by atoms with Crippen molar-refractivity contribution in [1.82, 2.24) is 5.32 Å². The number of rotatable bonds is 6. The molecule has 2 rings (SSSR count). The smallest absolute Gasteiger partial charge is 0.422 e. The number of benzene rings is 1. The van der Waals surface area contributed by atoms with E-state index in [4.69, 9.17) is 4.74 Å². The van der Waals surface area contributed by atoms with Gasteiger partial charge in [0.25, 0.3) is 0 Å². The Balaban J connectivity index is 0.00000312. The number of hydrogen-bond acceptors (Lipinski definition) is 3. The van der Waals surface area contributed by atoms with Gasteiger partial charge in [-0.25, -0.2) is 0 Å². The fourth-order valence-electron chi connectivity index (χ4n) is 2.73. The van der Waals surface area contributed by atoms with Crippen molar-refractivity contribution in [1.29, 1.82) is 0 Å². The van der Waals surface area contributed by atoms with E-state index >= 15 is 0 Å². The molecule has 0 bridgehead atoms. The van der Waals surface area contributed by atoms with Gasteiger partial charge in [-0.3, -0.25) is 4.79 Å². The average molecular weight is 381 g/mol. The first-order chi connectivity index (χ1) is 11.3. The van der Waals surface area contributed by atoms with Gasteiger partial charge in [0.1, 0.15) is 5.75 Å². The highest BCUT2D eigenvalue weighted by molar-refractivity contribution is 5.92. The van der Waals surface area contributed by atoms with E-state index in [-0.39, 0.29) is 29.8 Å². The summed E-state index contributed by atoms with van der Waals surface area (Å²) in [6.45, 7) is 2.32. The summed E-state index contributed by atoms with van der Waals surface area (Å²) in [6, 6.07) is 4.79. The Kier molecular flexibility index (Phi) is 8.52. The molecule has 0 aromatic heterocycles. The Morgan fingerprint density at radius 2 is 2.00 bits per heavy atom. The zero-order valence-corrected chi connectivity index (χ0v) is 14.9. The largest absolute Gasteiger partial charge is 0.482 e. The molecule has 1 aliphatic heterocycles. The van der Waals surface area contributed by atoms with Gasteiger partial charge >= 0.3 is 6.18 Å². The zero-order valence-electron chi connectivity index (χ0n) is 14.1. The molecule has 2 N–H and O–H groups in total. The lowest BCUT2D eigenvalue weighted by Crippen LogP contribution is -2.28. The molecular weight excluding hydrogens is 357 g/mol. The third-order valence-electron chi connectivity index (χ3n) is 4.04. The van der Waals surface area contributed by atoms with E-state index in [0.717, 1.165) is 37.9 Å². The van der Waals surface area contributed by atoms with Crippen LogP contribution >= 0.6 is 12.4 Å². The van der Waals surface area contributed by atoms with Crippen LogP contribution in [0.3, 0.4) is 0 Å². The lowest BCUT2D eigenvalue weighted by Gasteiger charge is -2.22. The summed E-state index contributed by atoms with van der Waals surface area (Å²) in [6.07, 6.45) is -1.16. The molecule has 1 saturated heterocycles. The number of carbonyl (C=O) groups excluding carboxylic acids is 1. The van der Waals surface area contributed by atoms with Crippen molar-refractivity contribution in [2.75, 3.05) is 25.0 Å². The molecule has 0 atom stereocenters. The zero-order chi connectivity index (χ0) is 17.6. The highest BCUT2D eigenvalue weighted by Crippen LogP contribution is 2.28. The summed E-state index contributed by atoms with van der Waals surface area (Å²) in [7, 11) is 0. The number of anilines is 1. The van der Waals surface area contributed by atoms with Gasteiger partial charge in [-0.05, 0) is 62.9 Å². The lowest BCUT2D eigenvalue weighted by atomic mass is 9.93. The van der Waals surface area contributed by atoms with E-state index < -0.39 is 12.8 Å². The first-order valence-electron chi connectivity index (χ1n) is 8.14. The molecule has 0 radical (unpaired) electrons. The van der Waals surface area contributed by atoms with Crippen molar-refractivity contribution in [3.8, 4) is 5.75 Å². The number of nitrogens with one attached hydrogen (secondary N) is 2. The molecule has 0 saturated carbocycles. The lowest BCUT2D eigenvalue weighted by molar-refractivity contribution is -0.153. The summed E-state index contributed by atoms with van der Waals surface area (Å²) in [5.41, 5.74) is 1.04. The molecule has 1 aromatic carbocycles. The molecular formula is C17H24ClF3N2O2. The number of amides is 1. The Morgan fingerprint density at radius 3 is 2.64 bits per heavy atom. The van der Waals surface area contributed by atoms with Crippen molar-refractivity contribution in [3.05, 3.63) is 23.8 Å². The maximum Gasteiger partial charge on any atom is 0.422 e. The van der Waals surface area contributed by atoms with E-state index in [1.54, 1.807) is 19.1 Å². The third-order valence-corrected chi connectivity index (χ3v) is 4.04. The predicted molar refractivity (Wildman–Crippen MR) is 93.4 cm³/mol. The summed E-state index contributed by atoms with van der Waals surface area (Å²) in [5, 5.41) is 5.94. The minimum absolute atomic E-state index is 0. The molecule has 25 heavy (non-hydrogen) atoms. The van der Waals surface area contributed by atoms with E-state index in [2.05, 4.69) is 10.6 Å². The molecule has 1 fully saturated rings. The molecule has 1 aromatic rings. The third kappa shape index (κ3) is 7.96. The van der Waals surface area contributed by atoms with Crippen LogP contribution in [0.25, 0.3) is 0 Å². The maximum atomic E-state index is 12.3. The summed E-state index contributed by atoms with van der Waals surface area (Å²) >= 11 is 0. The first kappa shape index (κ1) is 21.6. The Labute approximate surface area is 151 Å². The standard InChI is InChI=1S/C17H23F3N2O2.ClH/c1-12-2-4-14(15(10-12)24-11-17(18,19)20)22-16(23)5-3-13-6-8-21-9-7-13;/h2,4,10,13,21H,3,5-9,11H2,1H3,(H,22,23);1H. The fourth-order valence-corrected chi connectivity index (χ4v) is 2.73. The van der Waals surface area contributed by atoms with Crippen LogP contribution in [0.2, 0.25) is 0 Å². The molecule has 8 heteroatoms. The number of alkyl halides is 3. The molecule has 1 heterocycles. The average Bonchev–Trinajstić information content (AvgIpc) is 2.53. The molecule has 4 nitrogen and oxygen atoms in total. The van der Waals surface area contributed by atoms with Crippen molar-refractivity contribution in [3.63, 3.8) is 0 Å². The Bertz CT molecular complexity index is 561. The number of piperidine rings is 1. The van der Waals surface area contributed by atoms with Crippen LogP contribution in [0, 0.1) is 12.8 Å². The number of halogens is 4. The van der Waals surface area contributed by atoms with E-state index in [1.165, 1.54) is 6.07 Å². The van der Waals surface area contributed by atoms with E-state index in [1.807, 2.05) is 0 Å². The van der Waals surface area contributed by atoms with Gasteiger partial charge in [-0.15, -0.1) is 12.4 Å². The van der Waals surface area contributed by atoms with Gasteiger partial charge in [-0.1, -0.05) is 6.07 Å². The minimum Gasteiger partial charge on any atom is -0.482 e. The van der Waals surface area contributed by atoms with Gasteiger partial charge in [0.2, 0.25) is 5.91 Å². The number of ether oxygens (including phenoxy) is 1. The number of aryl methyl sites for hydroxylation is 1. The molecule has 142 valence electrons. The first-order valence-corrected chi connectivity index (χ1v) is 8.14.